The number of piperidine rings is 1. The second-order valence-electron chi connectivity index (χ2n) is 5.65. The summed E-state index contributed by atoms with van der Waals surface area (Å²) in [7, 11) is 0. The fourth-order valence-electron chi connectivity index (χ4n) is 2.74. The molecule has 2 aromatic rings. The van der Waals surface area contributed by atoms with Crippen LogP contribution in [0.15, 0.2) is 48.5 Å². The number of aromatic nitrogens is 1. The monoisotopic (exact) mass is 310 g/mol. The van der Waals surface area contributed by atoms with Crippen molar-refractivity contribution in [3.63, 3.8) is 0 Å². The molecule has 3 nitrogen and oxygen atoms in total. The zero-order valence-corrected chi connectivity index (χ0v) is 12.9. The molecule has 1 saturated heterocycles. The van der Waals surface area contributed by atoms with E-state index in [1.807, 2.05) is 17.0 Å². The largest absolute Gasteiger partial charge is 0.339 e. The Morgan fingerprint density at radius 3 is 2.61 bits per heavy atom. The van der Waals surface area contributed by atoms with Gasteiger partial charge in [0.1, 0.15) is 5.82 Å². The molecule has 1 aromatic carbocycles. The lowest BCUT2D eigenvalue weighted by Crippen LogP contribution is -2.34. The van der Waals surface area contributed by atoms with Crippen molar-refractivity contribution in [3.05, 3.63) is 60.1 Å². The molecule has 1 fully saturated rings. The van der Waals surface area contributed by atoms with E-state index in [1.54, 1.807) is 36.4 Å². The van der Waals surface area contributed by atoms with Crippen molar-refractivity contribution in [1.29, 1.82) is 0 Å². The van der Waals surface area contributed by atoms with Gasteiger partial charge in [0.2, 0.25) is 5.91 Å². The van der Waals surface area contributed by atoms with Crippen LogP contribution in [0.3, 0.4) is 0 Å². The van der Waals surface area contributed by atoms with E-state index in [0.29, 0.717) is 17.0 Å². The Bertz CT molecular complexity index is 721. The standard InChI is InChI=1S/C19H19FN2O/c20-17-9-3-2-8-16(17)18-10-6-7-15(21-18)11-12-19(23)22-13-4-1-5-14-22/h2-3,6-12H,1,4-5,13-14H2. The number of hydrogen-bond donors (Lipinski definition) is 0. The molecule has 3 rings (SSSR count). The fourth-order valence-corrected chi connectivity index (χ4v) is 2.74. The fraction of sp³-hybridized carbons (Fsp3) is 0.263. The van der Waals surface area contributed by atoms with Crippen molar-refractivity contribution in [3.8, 4) is 11.3 Å². The minimum atomic E-state index is -0.300. The second-order valence-corrected chi connectivity index (χ2v) is 5.65. The van der Waals surface area contributed by atoms with Gasteiger partial charge in [-0.1, -0.05) is 18.2 Å². The Morgan fingerprint density at radius 1 is 1.04 bits per heavy atom. The Kier molecular flexibility index (Phi) is 4.81. The SMILES string of the molecule is O=C(C=Cc1cccc(-c2ccccc2F)n1)N1CCCCC1. The van der Waals surface area contributed by atoms with Gasteiger partial charge in [-0.25, -0.2) is 9.37 Å². The van der Waals surface area contributed by atoms with Crippen molar-refractivity contribution < 1.29 is 9.18 Å². The predicted molar refractivity (Wildman–Crippen MR) is 89.1 cm³/mol. The summed E-state index contributed by atoms with van der Waals surface area (Å²) in [6, 6.07) is 11.9. The molecule has 0 bridgehead atoms. The summed E-state index contributed by atoms with van der Waals surface area (Å²) in [5.41, 5.74) is 1.68. The topological polar surface area (TPSA) is 33.2 Å². The van der Waals surface area contributed by atoms with Gasteiger partial charge >= 0.3 is 0 Å². The molecule has 0 N–H and O–H groups in total. The molecular weight excluding hydrogens is 291 g/mol. The van der Waals surface area contributed by atoms with Crippen molar-refractivity contribution in [2.75, 3.05) is 13.1 Å². The van der Waals surface area contributed by atoms with Gasteiger partial charge in [-0.15, -0.1) is 0 Å². The summed E-state index contributed by atoms with van der Waals surface area (Å²) in [5.74, 6) is -0.284. The number of carbonyl (C=O) groups excluding carboxylic acids is 1. The normalized spacial score (nSPS) is 15.1. The van der Waals surface area contributed by atoms with Crippen LogP contribution < -0.4 is 0 Å². The van der Waals surface area contributed by atoms with Crippen LogP contribution in [-0.4, -0.2) is 28.9 Å². The van der Waals surface area contributed by atoms with E-state index in [2.05, 4.69) is 4.98 Å². The van der Waals surface area contributed by atoms with E-state index in [-0.39, 0.29) is 11.7 Å². The van der Waals surface area contributed by atoms with Crippen LogP contribution in [0.25, 0.3) is 17.3 Å². The first-order valence-electron chi connectivity index (χ1n) is 7.93. The first-order valence-corrected chi connectivity index (χ1v) is 7.93. The smallest absolute Gasteiger partial charge is 0.246 e. The first kappa shape index (κ1) is 15.4. The number of pyridine rings is 1. The van der Waals surface area contributed by atoms with Crippen LogP contribution in [0.4, 0.5) is 4.39 Å². The van der Waals surface area contributed by atoms with Gasteiger partial charge < -0.3 is 4.90 Å². The first-order chi connectivity index (χ1) is 11.2. The molecule has 118 valence electrons. The molecule has 4 heteroatoms. The van der Waals surface area contributed by atoms with Crippen molar-refractivity contribution in [2.45, 2.75) is 19.3 Å². The average Bonchev–Trinajstić information content (AvgIpc) is 2.61. The Balaban J connectivity index is 1.76. The quantitative estimate of drug-likeness (QED) is 0.805. The van der Waals surface area contributed by atoms with Gasteiger partial charge in [-0.05, 0) is 49.6 Å². The van der Waals surface area contributed by atoms with Gasteiger partial charge in [-0.3, -0.25) is 4.79 Å². The maximum atomic E-state index is 13.8. The maximum absolute atomic E-state index is 13.8. The van der Waals surface area contributed by atoms with Crippen LogP contribution in [0.5, 0.6) is 0 Å². The van der Waals surface area contributed by atoms with Crippen LogP contribution in [0, 0.1) is 5.82 Å². The van der Waals surface area contributed by atoms with Crippen molar-refractivity contribution in [1.82, 2.24) is 9.88 Å². The van der Waals surface area contributed by atoms with Gasteiger partial charge in [0.15, 0.2) is 0 Å². The van der Waals surface area contributed by atoms with E-state index in [1.165, 1.54) is 12.5 Å². The summed E-state index contributed by atoms with van der Waals surface area (Å²) < 4.78 is 13.8. The van der Waals surface area contributed by atoms with Crippen LogP contribution >= 0.6 is 0 Å². The van der Waals surface area contributed by atoms with Gasteiger partial charge in [0.05, 0.1) is 11.4 Å². The molecular formula is C19H19FN2O. The zero-order valence-electron chi connectivity index (χ0n) is 12.9. The molecule has 1 aromatic heterocycles. The van der Waals surface area contributed by atoms with Gasteiger partial charge in [0, 0.05) is 24.7 Å². The summed E-state index contributed by atoms with van der Waals surface area (Å²) >= 11 is 0. The third kappa shape index (κ3) is 3.83. The molecule has 1 amide bonds. The number of nitrogens with zero attached hydrogens (tertiary/aromatic N) is 2. The molecule has 1 aliphatic rings. The van der Waals surface area contributed by atoms with E-state index in [9.17, 15) is 9.18 Å². The highest BCUT2D eigenvalue weighted by atomic mass is 19.1. The highest BCUT2D eigenvalue weighted by molar-refractivity contribution is 5.91. The molecule has 0 radical (unpaired) electrons. The number of benzene rings is 1. The van der Waals surface area contributed by atoms with Crippen LogP contribution in [-0.2, 0) is 4.79 Å². The van der Waals surface area contributed by atoms with E-state index < -0.39 is 0 Å². The molecule has 0 saturated carbocycles. The third-order valence-corrected chi connectivity index (χ3v) is 3.98. The van der Waals surface area contributed by atoms with E-state index in [0.717, 1.165) is 25.9 Å². The Hall–Kier alpha value is -2.49. The molecule has 0 atom stereocenters. The van der Waals surface area contributed by atoms with Gasteiger partial charge in [-0.2, -0.15) is 0 Å². The predicted octanol–water partition coefficient (Wildman–Crippen LogP) is 3.91. The number of amides is 1. The summed E-state index contributed by atoms with van der Waals surface area (Å²) in [6.45, 7) is 1.65. The lowest BCUT2D eigenvalue weighted by atomic mass is 10.1. The van der Waals surface area contributed by atoms with E-state index in [4.69, 9.17) is 0 Å². The lowest BCUT2D eigenvalue weighted by molar-refractivity contribution is -0.126. The highest BCUT2D eigenvalue weighted by Crippen LogP contribution is 2.20. The maximum Gasteiger partial charge on any atom is 0.246 e. The number of rotatable bonds is 3. The number of halogens is 1. The summed E-state index contributed by atoms with van der Waals surface area (Å²) in [4.78, 5) is 18.4. The van der Waals surface area contributed by atoms with Gasteiger partial charge in [0.25, 0.3) is 0 Å². The van der Waals surface area contributed by atoms with Crippen LogP contribution in [0.1, 0.15) is 25.0 Å². The number of hydrogen-bond acceptors (Lipinski definition) is 2. The average molecular weight is 310 g/mol. The number of likely N-dealkylation sites (tertiary alicyclic amines) is 1. The molecule has 0 unspecified atom stereocenters. The van der Waals surface area contributed by atoms with E-state index >= 15 is 0 Å². The zero-order chi connectivity index (χ0) is 16.1. The molecule has 2 heterocycles. The molecule has 0 aliphatic carbocycles. The minimum absolute atomic E-state index is 0.0165. The lowest BCUT2D eigenvalue weighted by Gasteiger charge is -2.25. The summed E-state index contributed by atoms with van der Waals surface area (Å²) in [5, 5.41) is 0. The summed E-state index contributed by atoms with van der Waals surface area (Å²) in [6.07, 6.45) is 6.58. The minimum Gasteiger partial charge on any atom is -0.339 e. The molecule has 0 spiro atoms. The van der Waals surface area contributed by atoms with Crippen LogP contribution in [0.2, 0.25) is 0 Å². The van der Waals surface area contributed by atoms with Crippen molar-refractivity contribution in [2.24, 2.45) is 0 Å². The molecule has 23 heavy (non-hydrogen) atoms. The van der Waals surface area contributed by atoms with Crippen molar-refractivity contribution >= 4 is 12.0 Å². The highest BCUT2D eigenvalue weighted by Gasteiger charge is 2.13. The third-order valence-electron chi connectivity index (χ3n) is 3.98. The Morgan fingerprint density at radius 2 is 1.83 bits per heavy atom. The molecule has 1 aliphatic heterocycles. The Labute approximate surface area is 135 Å². The number of carbonyl (C=O) groups is 1. The second kappa shape index (κ2) is 7.18.